The molecule has 0 N–H and O–H groups in total. The monoisotopic (exact) mass is 239 g/mol. The second-order valence-corrected chi connectivity index (χ2v) is 2.74. The van der Waals surface area contributed by atoms with Crippen LogP contribution in [0.3, 0.4) is 0 Å². The van der Waals surface area contributed by atoms with Crippen LogP contribution >= 0.6 is 0 Å². The Hall–Kier alpha value is -0.260. The second-order valence-electron chi connectivity index (χ2n) is 1.59. The van der Waals surface area contributed by atoms with Gasteiger partial charge in [0.15, 0.2) is 0 Å². The molecule has 1 atom stereocenters. The fourth-order valence-electron chi connectivity index (χ4n) is 0.520. The first-order valence-corrected chi connectivity index (χ1v) is 3.67. The number of carbonyl (C=O) groups excluding carboxylic acids is 1. The zero-order valence-electron chi connectivity index (χ0n) is 4.61. The van der Waals surface area contributed by atoms with Crippen LogP contribution in [-0.2, 0) is 9.53 Å². The third-order valence-corrected chi connectivity index (χ3v) is 1.60. The van der Waals surface area contributed by atoms with Gasteiger partial charge in [-0.15, -0.1) is 0 Å². The Kier molecular flexibility index (Phi) is 2.32. The Morgan fingerprint density at radius 2 is 2.33 bits per heavy atom. The topological polar surface area (TPSA) is 26.3 Å². The Labute approximate surface area is 66.5 Å². The molecule has 0 aliphatic carbocycles. The maximum atomic E-state index is 10.6. The first-order valence-electron chi connectivity index (χ1n) is 2.50. The molecule has 0 saturated heterocycles. The molecule has 47 valence electrons. The second kappa shape index (κ2) is 3.05. The van der Waals surface area contributed by atoms with Crippen molar-refractivity contribution in [3.8, 4) is 0 Å². The molecule has 1 unspecified atom stereocenters. The predicted molar refractivity (Wildman–Crippen MR) is 33.9 cm³/mol. The summed E-state index contributed by atoms with van der Waals surface area (Å²) in [6.45, 7) is 0. The minimum atomic E-state index is -0.347. The summed E-state index contributed by atoms with van der Waals surface area (Å²) in [6, 6.07) is 0. The summed E-state index contributed by atoms with van der Waals surface area (Å²) in [7, 11) is 0. The molecule has 0 aromatic rings. The summed E-state index contributed by atoms with van der Waals surface area (Å²) in [6.07, 6.45) is 6.45. The van der Waals surface area contributed by atoms with Gasteiger partial charge in [0, 0.05) is 0 Å². The van der Waals surface area contributed by atoms with E-state index in [0.29, 0.717) is 0 Å². The summed E-state index contributed by atoms with van der Waals surface area (Å²) < 4.78 is 4.97. The fraction of sp³-hybridized carbons (Fsp3) is 0.167. The fourth-order valence-corrected chi connectivity index (χ4v) is 0.903. The van der Waals surface area contributed by atoms with Crippen LogP contribution in [0.1, 0.15) is 0 Å². The van der Waals surface area contributed by atoms with Crippen molar-refractivity contribution in [1.82, 2.24) is 0 Å². The molecule has 1 heterocycles. The van der Waals surface area contributed by atoms with Crippen molar-refractivity contribution in [3.05, 3.63) is 24.5 Å². The molecular formula is C6H5O2Te. The van der Waals surface area contributed by atoms with E-state index in [9.17, 15) is 4.79 Å². The van der Waals surface area contributed by atoms with Crippen LogP contribution in [0.4, 0.5) is 0 Å². The number of ether oxygens (including phenoxy) is 1. The Morgan fingerprint density at radius 1 is 1.56 bits per heavy atom. The van der Waals surface area contributed by atoms with Crippen molar-refractivity contribution < 1.29 is 9.53 Å². The van der Waals surface area contributed by atoms with Crippen molar-refractivity contribution in [2.75, 3.05) is 0 Å². The van der Waals surface area contributed by atoms with Gasteiger partial charge < -0.3 is 0 Å². The van der Waals surface area contributed by atoms with Gasteiger partial charge in [0.05, 0.1) is 0 Å². The first-order chi connectivity index (χ1) is 4.30. The van der Waals surface area contributed by atoms with Crippen LogP contribution in [-0.4, -0.2) is 32.2 Å². The zero-order chi connectivity index (χ0) is 6.69. The molecule has 0 spiro atoms. The van der Waals surface area contributed by atoms with E-state index in [4.69, 9.17) is 4.74 Å². The van der Waals surface area contributed by atoms with Gasteiger partial charge in [-0.25, -0.2) is 0 Å². The van der Waals surface area contributed by atoms with Crippen LogP contribution in [0.25, 0.3) is 0 Å². The van der Waals surface area contributed by atoms with E-state index in [1.807, 2.05) is 0 Å². The number of allylic oxidation sites excluding steroid dienone is 2. The van der Waals surface area contributed by atoms with Crippen LogP contribution in [0.15, 0.2) is 24.5 Å². The minimum absolute atomic E-state index is 0.0476. The van der Waals surface area contributed by atoms with Crippen LogP contribution in [0.5, 0.6) is 0 Å². The Balaban J connectivity index is 2.56. The van der Waals surface area contributed by atoms with Crippen molar-refractivity contribution in [1.29, 1.82) is 0 Å². The van der Waals surface area contributed by atoms with Crippen molar-refractivity contribution in [2.24, 2.45) is 0 Å². The molecule has 1 aliphatic rings. The molecule has 1 aliphatic heterocycles. The molecule has 1 radical (unpaired) electrons. The average molecular weight is 237 g/mol. The van der Waals surface area contributed by atoms with Gasteiger partial charge in [-0.05, 0) is 0 Å². The van der Waals surface area contributed by atoms with E-state index in [-0.39, 0.29) is 9.94 Å². The van der Waals surface area contributed by atoms with Crippen molar-refractivity contribution >= 4 is 26.1 Å². The van der Waals surface area contributed by atoms with Gasteiger partial charge in [0.2, 0.25) is 0 Å². The standard InChI is InChI=1S/C6H5O2Te/c7-6(9)5-3-1-2-4-8-5/h1-5H. The van der Waals surface area contributed by atoms with Gasteiger partial charge >= 0.3 is 66.3 Å². The number of carbonyl (C=O) groups is 1. The molecule has 0 aromatic heterocycles. The zero-order valence-corrected chi connectivity index (χ0v) is 6.94. The summed E-state index contributed by atoms with van der Waals surface area (Å²) in [5, 5.41) is 0. The van der Waals surface area contributed by atoms with Crippen molar-refractivity contribution in [3.63, 3.8) is 0 Å². The number of rotatable bonds is 1. The molecular weight excluding hydrogens is 232 g/mol. The molecule has 2 nitrogen and oxygen atoms in total. The average Bonchev–Trinajstić information content (AvgIpc) is 1.90. The van der Waals surface area contributed by atoms with Gasteiger partial charge in [-0.2, -0.15) is 0 Å². The quantitative estimate of drug-likeness (QED) is 0.606. The van der Waals surface area contributed by atoms with Gasteiger partial charge in [0.1, 0.15) is 0 Å². The number of hydrogen-bond acceptors (Lipinski definition) is 2. The third-order valence-electron chi connectivity index (χ3n) is 0.933. The summed E-state index contributed by atoms with van der Waals surface area (Å²) in [4.78, 5) is 10.6. The molecule has 3 heteroatoms. The van der Waals surface area contributed by atoms with Crippen LogP contribution in [0, 0.1) is 0 Å². The SMILES string of the molecule is O=C([Te])C1C=CC=CO1. The maximum absolute atomic E-state index is 10.6. The van der Waals surface area contributed by atoms with Gasteiger partial charge in [-0.3, -0.25) is 0 Å². The Bertz CT molecular complexity index is 172. The third kappa shape index (κ3) is 1.85. The van der Waals surface area contributed by atoms with E-state index in [1.54, 1.807) is 18.2 Å². The van der Waals surface area contributed by atoms with E-state index in [2.05, 4.69) is 0 Å². The summed E-state index contributed by atoms with van der Waals surface area (Å²) >= 11 is 1.44. The summed E-state index contributed by atoms with van der Waals surface area (Å²) in [5.74, 6) is 0. The van der Waals surface area contributed by atoms with E-state index in [0.717, 1.165) is 0 Å². The summed E-state index contributed by atoms with van der Waals surface area (Å²) in [5.41, 5.74) is 0. The number of hydrogen-bond donors (Lipinski definition) is 0. The van der Waals surface area contributed by atoms with Crippen LogP contribution < -0.4 is 0 Å². The first kappa shape index (κ1) is 6.85. The van der Waals surface area contributed by atoms with E-state index < -0.39 is 0 Å². The van der Waals surface area contributed by atoms with E-state index >= 15 is 0 Å². The molecule has 0 aromatic carbocycles. The van der Waals surface area contributed by atoms with E-state index in [1.165, 1.54) is 28.6 Å². The van der Waals surface area contributed by atoms with Crippen molar-refractivity contribution in [2.45, 2.75) is 6.10 Å². The predicted octanol–water partition coefficient (Wildman–Crippen LogP) is 0.150. The Morgan fingerprint density at radius 3 is 2.67 bits per heavy atom. The molecule has 0 bridgehead atoms. The molecule has 9 heavy (non-hydrogen) atoms. The molecule has 0 fully saturated rings. The molecule has 0 saturated carbocycles. The molecule has 1 rings (SSSR count). The van der Waals surface area contributed by atoms with Gasteiger partial charge in [-0.1, -0.05) is 0 Å². The normalized spacial score (nSPS) is 23.3. The van der Waals surface area contributed by atoms with Crippen LogP contribution in [0.2, 0.25) is 0 Å². The molecule has 0 amide bonds. The van der Waals surface area contributed by atoms with Gasteiger partial charge in [0.25, 0.3) is 0 Å².